The van der Waals surface area contributed by atoms with Crippen molar-refractivity contribution in [1.82, 2.24) is 9.80 Å². The van der Waals surface area contributed by atoms with E-state index >= 15 is 0 Å². The Hall–Kier alpha value is -0.824. The predicted molar refractivity (Wildman–Crippen MR) is 273 cm³/mol. The Morgan fingerprint density at radius 3 is 0.700 bits per heavy atom. The van der Waals surface area contributed by atoms with Gasteiger partial charge < -0.3 is 0 Å². The molecule has 2 aliphatic rings. The number of hydrogen-bond donors (Lipinski definition) is 0. The standard InChI is InChI=1S/C42H30N4.12ClH.2Sb/c1-3-15-31(16-4-1)43-35-19-7-11-23-39(35)45(40-24-12-8-20-36(40)43)33-27-29-34(30-28-33)46-41-25-13-9-21-37(41)44(32-17-5-2-6-18-32)38-22-10-14-26-42(38)46;;;;;;;;;;;;;;/h1-30H;12*1H;;/q+2;;;;;;;;;;;;;2*+5/p-12. The van der Waals surface area contributed by atoms with Crippen molar-refractivity contribution in [2.45, 2.75) is 0 Å². The molecule has 2 aliphatic heterocycles. The number of anilines is 12. The molecule has 0 fully saturated rings. The van der Waals surface area contributed by atoms with Crippen LogP contribution in [-0.4, -0.2) is 18.3 Å². The predicted octanol–water partition coefficient (Wildman–Crippen LogP) is 19.6. The maximum absolute atomic E-state index is 5.42. The zero-order valence-corrected chi connectivity index (χ0v) is 44.7. The third-order valence-electron chi connectivity index (χ3n) is 8.85. The van der Waals surface area contributed by atoms with Crippen LogP contribution in [0, 0.1) is 0 Å². The van der Waals surface area contributed by atoms with Gasteiger partial charge in [0.25, 0.3) is 0 Å². The molecule has 7 aromatic carbocycles. The zero-order valence-electron chi connectivity index (χ0n) is 30.5. The Kier molecular flexibility index (Phi) is 13.0. The minimum absolute atomic E-state index is 1.11. The molecule has 4 nitrogen and oxygen atoms in total. The van der Waals surface area contributed by atoms with E-state index in [9.17, 15) is 0 Å². The van der Waals surface area contributed by atoms with E-state index in [0.29, 0.717) is 0 Å². The van der Waals surface area contributed by atoms with E-state index in [4.69, 9.17) is 106 Å². The van der Waals surface area contributed by atoms with E-state index in [0.717, 1.165) is 68.2 Å². The number of para-hydroxylation sites is 10. The van der Waals surface area contributed by atoms with Gasteiger partial charge in [-0.15, -0.1) is 0 Å². The van der Waals surface area contributed by atoms with Gasteiger partial charge in [-0.1, -0.05) is 94.7 Å². The number of fused-ring (bicyclic) bond motifs is 4. The molecule has 0 bridgehead atoms. The van der Waals surface area contributed by atoms with E-state index in [2.05, 4.69) is 202 Å². The van der Waals surface area contributed by atoms with Crippen LogP contribution in [0.1, 0.15) is 0 Å². The molecule has 9 rings (SSSR count). The van der Waals surface area contributed by atoms with Gasteiger partial charge in [-0.2, -0.15) is 0 Å². The molecule has 60 heavy (non-hydrogen) atoms. The van der Waals surface area contributed by atoms with Gasteiger partial charge in [0.15, 0.2) is 11.4 Å². The van der Waals surface area contributed by atoms with Gasteiger partial charge in [0, 0.05) is 59.9 Å². The van der Waals surface area contributed by atoms with Crippen molar-refractivity contribution in [3.8, 4) is 0 Å². The van der Waals surface area contributed by atoms with Gasteiger partial charge in [0.1, 0.15) is 22.7 Å². The monoisotopic (exact) mass is 1250 g/mol. The van der Waals surface area contributed by atoms with Crippen LogP contribution in [0.5, 0.6) is 0 Å². The van der Waals surface area contributed by atoms with E-state index in [-0.39, 0.29) is 0 Å². The Morgan fingerprint density at radius 1 is 0.267 bits per heavy atom. The second-order valence-corrected chi connectivity index (χ2v) is 127. The summed E-state index contributed by atoms with van der Waals surface area (Å²) in [7, 11) is 49.9. The van der Waals surface area contributed by atoms with Crippen molar-refractivity contribution in [2.75, 3.05) is 9.80 Å². The fourth-order valence-electron chi connectivity index (χ4n) is 6.91. The molecule has 0 N–H and O–H groups in total. The number of benzene rings is 7. The summed E-state index contributed by atoms with van der Waals surface area (Å²) in [5.74, 6) is 0. The average Bonchev–Trinajstić information content (AvgIpc) is 3.17. The summed E-state index contributed by atoms with van der Waals surface area (Å²) in [6.45, 7) is 0. The SMILES string of the molecule is [Cl][Sb-]([Cl])([Cl])([Cl])([Cl])[Cl].[Cl][Sb-]([Cl])([Cl])([Cl])([Cl])[Cl].c1ccc(N2c3ccccc3[N+](c3ccc([N+]4c5ccccc5N(c5ccccc5)c5ccccc54)cc3)c3ccccc32)cc1. The van der Waals surface area contributed by atoms with Crippen LogP contribution in [0.4, 0.5) is 68.2 Å². The molecule has 18 heteroatoms. The van der Waals surface area contributed by atoms with Crippen LogP contribution in [0.2, 0.25) is 0 Å². The van der Waals surface area contributed by atoms with E-state index in [1.165, 1.54) is 0 Å². The molecule has 2 heterocycles. The molecule has 0 aromatic heterocycles. The Balaban J connectivity index is 0.000000337. The van der Waals surface area contributed by atoms with Gasteiger partial charge in [-0.05, 0) is 48.5 Å². The van der Waals surface area contributed by atoms with Crippen molar-refractivity contribution < 1.29 is 0 Å². The summed E-state index contributed by atoms with van der Waals surface area (Å²) in [5, 5.41) is 0. The molecule has 0 spiro atoms. The first-order valence-electron chi connectivity index (χ1n) is 17.7. The minimum Gasteiger partial charge on any atom is -0.299 e. The van der Waals surface area contributed by atoms with Crippen LogP contribution in [0.15, 0.2) is 182 Å². The molecular formula is C42H30Cl12N4Sb2. The first-order chi connectivity index (χ1) is 27.8. The van der Waals surface area contributed by atoms with Gasteiger partial charge in [0.2, 0.25) is 22.7 Å². The molecule has 0 saturated heterocycles. The van der Waals surface area contributed by atoms with E-state index in [1.807, 2.05) is 0 Å². The average molecular weight is 1260 g/mol. The van der Waals surface area contributed by atoms with E-state index < -0.39 is 18.3 Å². The second kappa shape index (κ2) is 16.6. The fraction of sp³-hybridized carbons (Fsp3) is 0. The molecule has 7 aromatic rings. The Bertz CT molecular complexity index is 2370. The summed E-state index contributed by atoms with van der Waals surface area (Å²) in [5.41, 5.74) is 13.7. The first kappa shape index (κ1) is 47.1. The van der Waals surface area contributed by atoms with E-state index in [1.54, 1.807) is 0 Å². The third kappa shape index (κ3) is 13.1. The van der Waals surface area contributed by atoms with Crippen molar-refractivity contribution in [2.24, 2.45) is 0 Å². The second-order valence-electron chi connectivity index (χ2n) is 13.4. The van der Waals surface area contributed by atoms with Gasteiger partial charge >= 0.3 is 124 Å². The summed E-state index contributed by atoms with van der Waals surface area (Å²) in [6.07, 6.45) is 0. The van der Waals surface area contributed by atoms with Gasteiger partial charge in [0.05, 0.1) is 0 Å². The molecule has 312 valence electrons. The van der Waals surface area contributed by atoms with Gasteiger partial charge in [-0.25, -0.2) is 0 Å². The Morgan fingerprint density at radius 2 is 0.467 bits per heavy atom. The normalized spacial score (nSPS) is 16.0. The number of hydrogen-bond acceptors (Lipinski definition) is 4. The van der Waals surface area contributed by atoms with Crippen LogP contribution in [-0.2, 0) is 0 Å². The largest absolute Gasteiger partial charge is 0.299 e. The summed E-state index contributed by atoms with van der Waals surface area (Å²) >= 11 is 0. The van der Waals surface area contributed by atoms with Crippen molar-refractivity contribution in [3.63, 3.8) is 0 Å². The van der Waals surface area contributed by atoms with Crippen molar-refractivity contribution in [1.29, 1.82) is 0 Å². The van der Waals surface area contributed by atoms with Gasteiger partial charge in [-0.3, -0.25) is 9.80 Å². The molecule has 0 atom stereocenters. The molecular weight excluding hydrogens is 1230 g/mol. The molecule has 2 radical (unpaired) electrons. The summed E-state index contributed by atoms with van der Waals surface area (Å²) < 4.78 is 0. The van der Waals surface area contributed by atoms with Crippen molar-refractivity contribution >= 4 is 192 Å². The third-order valence-corrected chi connectivity index (χ3v) is 8.85. The maximum Gasteiger partial charge on any atom is 0.216 e. The van der Waals surface area contributed by atoms with Crippen molar-refractivity contribution in [3.05, 3.63) is 182 Å². The maximum atomic E-state index is 5.06. The molecule has 0 unspecified atom stereocenters. The topological polar surface area (TPSA) is 18.3 Å². The summed E-state index contributed by atoms with van der Waals surface area (Å²) in [6, 6.07) is 64.8. The quantitative estimate of drug-likeness (QED) is 0.129. The Labute approximate surface area is 388 Å². The first-order valence-corrected chi connectivity index (χ1v) is 56.5. The number of halogens is 12. The minimum atomic E-state index is -5.42. The van der Waals surface area contributed by atoms with Crippen LogP contribution in [0.3, 0.4) is 0 Å². The molecule has 0 amide bonds. The smallest absolute Gasteiger partial charge is 0.216 e. The fourth-order valence-corrected chi connectivity index (χ4v) is 6.91. The zero-order chi connectivity index (χ0) is 43.3. The number of rotatable bonds is 4. The molecule has 0 saturated carbocycles. The number of nitrogens with zero attached hydrogens (tertiary/aromatic N) is 4. The summed E-state index contributed by atoms with van der Waals surface area (Å²) in [4.78, 5) is 9.47. The van der Waals surface area contributed by atoms with Crippen LogP contribution >= 0.6 is 106 Å². The van der Waals surface area contributed by atoms with Crippen LogP contribution < -0.4 is 19.6 Å². The molecule has 0 aliphatic carbocycles. The van der Waals surface area contributed by atoms with Crippen LogP contribution in [0.25, 0.3) is 0 Å².